The minimum absolute atomic E-state index is 0.0945. The minimum Gasteiger partial charge on any atom is -0.345 e. The number of nitriles is 1. The Balaban J connectivity index is 1.81. The van der Waals surface area contributed by atoms with Gasteiger partial charge in [0.05, 0.1) is 6.04 Å². The Labute approximate surface area is 180 Å². The highest BCUT2D eigenvalue weighted by Gasteiger charge is 2.18. The van der Waals surface area contributed by atoms with Crippen LogP contribution in [0.2, 0.25) is 5.02 Å². The van der Waals surface area contributed by atoms with E-state index in [0.29, 0.717) is 22.7 Å². The lowest BCUT2D eigenvalue weighted by atomic mass is 9.97. The number of amides is 1. The number of H-pyrrole nitrogens is 1. The lowest BCUT2D eigenvalue weighted by Crippen LogP contribution is -2.29. The quantitative estimate of drug-likeness (QED) is 0.622. The molecule has 0 aliphatic rings. The fourth-order valence-corrected chi connectivity index (χ4v) is 3.78. The van der Waals surface area contributed by atoms with Gasteiger partial charge in [0, 0.05) is 17.1 Å². The fraction of sp³-hybridized carbons (Fsp3) is 0.208. The number of benzene rings is 2. The molecule has 1 amide bonds. The van der Waals surface area contributed by atoms with E-state index in [1.54, 1.807) is 19.9 Å². The molecule has 2 N–H and O–H groups in total. The van der Waals surface area contributed by atoms with E-state index in [1.165, 1.54) is 0 Å². The number of carbonyl (C=O) groups excluding carboxylic acids is 1. The summed E-state index contributed by atoms with van der Waals surface area (Å²) in [6, 6.07) is 18.7. The van der Waals surface area contributed by atoms with Gasteiger partial charge < -0.3 is 10.3 Å². The van der Waals surface area contributed by atoms with Crippen molar-refractivity contribution in [1.29, 1.82) is 5.26 Å². The van der Waals surface area contributed by atoms with Crippen molar-refractivity contribution in [3.05, 3.63) is 103 Å². The molecule has 5 nitrogen and oxygen atoms in total. The maximum Gasteiger partial charge on any atom is 0.266 e. The molecule has 1 atom stereocenters. The van der Waals surface area contributed by atoms with Crippen LogP contribution in [0.25, 0.3) is 0 Å². The molecule has 1 heterocycles. The lowest BCUT2D eigenvalue weighted by molar-refractivity contribution is -0.121. The SMILES string of the molecule is Cc1[nH]c(=O)c(C#N)c(C)c1CCC(=O)NC(c1ccccc1)c1cccc(Cl)c1. The van der Waals surface area contributed by atoms with Crippen molar-refractivity contribution >= 4 is 17.5 Å². The highest BCUT2D eigenvalue weighted by Crippen LogP contribution is 2.25. The molecule has 3 rings (SSSR count). The number of hydrogen-bond acceptors (Lipinski definition) is 3. The minimum atomic E-state index is -0.397. The molecule has 0 spiro atoms. The topological polar surface area (TPSA) is 85.8 Å². The molecule has 2 aromatic carbocycles. The van der Waals surface area contributed by atoms with Gasteiger partial charge in [0.1, 0.15) is 11.6 Å². The van der Waals surface area contributed by atoms with Crippen LogP contribution in [-0.4, -0.2) is 10.9 Å². The third-order valence-electron chi connectivity index (χ3n) is 5.14. The van der Waals surface area contributed by atoms with Gasteiger partial charge in [-0.25, -0.2) is 0 Å². The third kappa shape index (κ3) is 4.79. The summed E-state index contributed by atoms with van der Waals surface area (Å²) < 4.78 is 0. The van der Waals surface area contributed by atoms with Crippen LogP contribution in [0.5, 0.6) is 0 Å². The van der Waals surface area contributed by atoms with Crippen molar-refractivity contribution in [1.82, 2.24) is 10.3 Å². The van der Waals surface area contributed by atoms with Crippen molar-refractivity contribution in [2.75, 3.05) is 0 Å². The first-order valence-electron chi connectivity index (χ1n) is 9.63. The van der Waals surface area contributed by atoms with Crippen LogP contribution in [0.15, 0.2) is 59.4 Å². The molecule has 0 saturated heterocycles. The molecule has 0 fully saturated rings. The summed E-state index contributed by atoms with van der Waals surface area (Å²) in [4.78, 5) is 27.4. The second-order valence-corrected chi connectivity index (χ2v) is 7.57. The zero-order valence-corrected chi connectivity index (χ0v) is 17.6. The van der Waals surface area contributed by atoms with E-state index < -0.39 is 5.56 Å². The van der Waals surface area contributed by atoms with E-state index in [1.807, 2.05) is 54.6 Å². The number of nitrogens with one attached hydrogen (secondary N) is 2. The lowest BCUT2D eigenvalue weighted by Gasteiger charge is -2.20. The van der Waals surface area contributed by atoms with Crippen LogP contribution in [-0.2, 0) is 11.2 Å². The van der Waals surface area contributed by atoms with Crippen molar-refractivity contribution in [3.63, 3.8) is 0 Å². The first-order valence-corrected chi connectivity index (χ1v) is 10.0. The second kappa shape index (κ2) is 9.43. The molecule has 0 saturated carbocycles. The number of rotatable bonds is 6. The molecule has 0 aliphatic heterocycles. The number of aromatic nitrogens is 1. The molecule has 1 aromatic heterocycles. The van der Waals surface area contributed by atoms with Crippen LogP contribution >= 0.6 is 11.6 Å². The molecule has 0 aliphatic carbocycles. The molecule has 30 heavy (non-hydrogen) atoms. The Morgan fingerprint density at radius 2 is 1.83 bits per heavy atom. The number of aryl methyl sites for hydroxylation is 1. The average Bonchev–Trinajstić information content (AvgIpc) is 2.72. The Kier molecular flexibility index (Phi) is 6.71. The molecule has 0 bridgehead atoms. The highest BCUT2D eigenvalue weighted by molar-refractivity contribution is 6.30. The summed E-state index contributed by atoms with van der Waals surface area (Å²) >= 11 is 6.16. The summed E-state index contributed by atoms with van der Waals surface area (Å²) in [6.07, 6.45) is 0.647. The summed E-state index contributed by atoms with van der Waals surface area (Å²) in [5.74, 6) is -0.132. The van der Waals surface area contributed by atoms with E-state index in [-0.39, 0.29) is 23.9 Å². The van der Waals surface area contributed by atoms with Gasteiger partial charge in [-0.2, -0.15) is 5.26 Å². The first-order chi connectivity index (χ1) is 14.4. The number of aromatic amines is 1. The van der Waals surface area contributed by atoms with Gasteiger partial charge in [-0.05, 0) is 54.7 Å². The fourth-order valence-electron chi connectivity index (χ4n) is 3.58. The highest BCUT2D eigenvalue weighted by atomic mass is 35.5. The van der Waals surface area contributed by atoms with Crippen molar-refractivity contribution in [2.24, 2.45) is 0 Å². The number of hydrogen-bond donors (Lipinski definition) is 2. The van der Waals surface area contributed by atoms with Crippen LogP contribution in [0, 0.1) is 25.2 Å². The van der Waals surface area contributed by atoms with Crippen LogP contribution in [0.3, 0.4) is 0 Å². The number of halogens is 1. The van der Waals surface area contributed by atoms with E-state index >= 15 is 0 Å². The summed E-state index contributed by atoms with van der Waals surface area (Å²) in [5, 5.41) is 12.9. The van der Waals surface area contributed by atoms with Crippen molar-refractivity contribution < 1.29 is 4.79 Å². The Hall–Kier alpha value is -3.36. The smallest absolute Gasteiger partial charge is 0.266 e. The van der Waals surface area contributed by atoms with Crippen LogP contribution < -0.4 is 10.9 Å². The van der Waals surface area contributed by atoms with Gasteiger partial charge in [0.15, 0.2) is 0 Å². The molecule has 152 valence electrons. The Morgan fingerprint density at radius 1 is 1.13 bits per heavy atom. The van der Waals surface area contributed by atoms with Crippen molar-refractivity contribution in [3.8, 4) is 6.07 Å². The molecule has 3 aromatic rings. The Bertz CT molecular complexity index is 1160. The summed E-state index contributed by atoms with van der Waals surface area (Å²) in [7, 11) is 0. The van der Waals surface area contributed by atoms with Crippen LogP contribution in [0.4, 0.5) is 0 Å². The number of carbonyl (C=O) groups is 1. The van der Waals surface area contributed by atoms with E-state index in [2.05, 4.69) is 10.3 Å². The molecule has 1 unspecified atom stereocenters. The molecule has 0 radical (unpaired) electrons. The van der Waals surface area contributed by atoms with Gasteiger partial charge in [-0.15, -0.1) is 0 Å². The number of nitrogens with zero attached hydrogens (tertiary/aromatic N) is 1. The molecule has 6 heteroatoms. The Morgan fingerprint density at radius 3 is 2.50 bits per heavy atom. The van der Waals surface area contributed by atoms with E-state index in [4.69, 9.17) is 11.6 Å². The molecular formula is C24H22ClN3O2. The third-order valence-corrected chi connectivity index (χ3v) is 5.38. The van der Waals surface area contributed by atoms with Gasteiger partial charge in [-0.1, -0.05) is 54.1 Å². The zero-order valence-electron chi connectivity index (χ0n) is 16.8. The average molecular weight is 420 g/mol. The van der Waals surface area contributed by atoms with Gasteiger partial charge in [-0.3, -0.25) is 9.59 Å². The van der Waals surface area contributed by atoms with Gasteiger partial charge >= 0.3 is 0 Å². The predicted octanol–water partition coefficient (Wildman–Crippen LogP) is 4.36. The van der Waals surface area contributed by atoms with Gasteiger partial charge in [0.2, 0.25) is 5.91 Å². The van der Waals surface area contributed by atoms with Crippen LogP contribution in [0.1, 0.15) is 46.0 Å². The monoisotopic (exact) mass is 419 g/mol. The second-order valence-electron chi connectivity index (χ2n) is 7.14. The number of pyridine rings is 1. The van der Waals surface area contributed by atoms with Gasteiger partial charge in [0.25, 0.3) is 5.56 Å². The van der Waals surface area contributed by atoms with E-state index in [0.717, 1.165) is 16.7 Å². The zero-order chi connectivity index (χ0) is 21.7. The van der Waals surface area contributed by atoms with E-state index in [9.17, 15) is 14.9 Å². The molecular weight excluding hydrogens is 398 g/mol. The first kappa shape index (κ1) is 21.4. The summed E-state index contributed by atoms with van der Waals surface area (Å²) in [5.41, 5.74) is 3.67. The maximum absolute atomic E-state index is 12.8. The standard InChI is InChI=1S/C24H22ClN3O2/c1-15-20(16(2)27-24(30)21(15)14-26)11-12-22(29)28-23(17-7-4-3-5-8-17)18-9-6-10-19(25)13-18/h3-10,13,23H,11-12H2,1-2H3,(H,27,30)(H,28,29). The summed E-state index contributed by atoms with van der Waals surface area (Å²) in [6.45, 7) is 3.52. The van der Waals surface area contributed by atoms with Crippen molar-refractivity contribution in [2.45, 2.75) is 32.7 Å². The largest absolute Gasteiger partial charge is 0.345 e. The normalized spacial score (nSPS) is 11.5. The maximum atomic E-state index is 12.8. The predicted molar refractivity (Wildman–Crippen MR) is 117 cm³/mol.